The minimum Gasteiger partial charge on any atom is -0.443 e. The Morgan fingerprint density at radius 2 is 1.48 bits per heavy atom. The van der Waals surface area contributed by atoms with Crippen LogP contribution in [-0.2, 0) is 9.16 Å². The summed E-state index contributed by atoms with van der Waals surface area (Å²) >= 11 is 0. The fraction of sp³-hybridized carbons (Fsp3) is 0.282. The maximum atomic E-state index is 13.1. The second kappa shape index (κ2) is 13.4. The Kier molecular flexibility index (Phi) is 9.52. The van der Waals surface area contributed by atoms with Crippen LogP contribution in [0.5, 0.6) is 0 Å². The van der Waals surface area contributed by atoms with Crippen molar-refractivity contribution in [3.05, 3.63) is 121 Å². The molecule has 46 heavy (non-hydrogen) atoms. The summed E-state index contributed by atoms with van der Waals surface area (Å²) in [6.45, 7) is 13.7. The van der Waals surface area contributed by atoms with Gasteiger partial charge in [-0.2, -0.15) is 0 Å². The molecular formula is C39H43N3O3Si. The summed E-state index contributed by atoms with van der Waals surface area (Å²) in [5.74, 6) is 6.46. The molecule has 0 aliphatic heterocycles. The van der Waals surface area contributed by atoms with Gasteiger partial charge in [-0.3, -0.25) is 0 Å². The zero-order chi connectivity index (χ0) is 33.0. The number of carbonyl (C=O) groups excluding carboxylic acids is 1. The molecule has 236 valence electrons. The molecule has 2 aromatic heterocycles. The van der Waals surface area contributed by atoms with Crippen LogP contribution < -0.4 is 15.3 Å². The molecule has 0 saturated carbocycles. The molecule has 0 aliphatic rings. The quantitative estimate of drug-likeness (QED) is 0.140. The number of likely N-dealkylation sites (N-methyl/N-ethyl adjacent to an activating group) is 1. The minimum absolute atomic E-state index is 0.0823. The first-order valence-electron chi connectivity index (χ1n) is 15.7. The fourth-order valence-corrected chi connectivity index (χ4v) is 10.4. The normalized spacial score (nSPS) is 12.0. The van der Waals surface area contributed by atoms with Crippen LogP contribution >= 0.6 is 0 Å². The van der Waals surface area contributed by atoms with Gasteiger partial charge in [0.25, 0.3) is 8.32 Å². The Labute approximate surface area is 274 Å². The van der Waals surface area contributed by atoms with Crippen LogP contribution in [0.25, 0.3) is 11.0 Å². The minimum atomic E-state index is -2.62. The Morgan fingerprint density at radius 1 is 0.826 bits per heavy atom. The predicted molar refractivity (Wildman–Crippen MR) is 191 cm³/mol. The lowest BCUT2D eigenvalue weighted by molar-refractivity contribution is 0.0542. The van der Waals surface area contributed by atoms with Crippen LogP contribution in [0.4, 0.5) is 10.5 Å². The van der Waals surface area contributed by atoms with E-state index >= 15 is 0 Å². The molecular weight excluding hydrogens is 587 g/mol. The average molecular weight is 630 g/mol. The lowest BCUT2D eigenvalue weighted by Crippen LogP contribution is -2.67. The van der Waals surface area contributed by atoms with E-state index in [1.54, 1.807) is 6.20 Å². The van der Waals surface area contributed by atoms with Gasteiger partial charge in [-0.15, -0.1) is 0 Å². The lowest BCUT2D eigenvalue weighted by Gasteiger charge is -2.43. The van der Waals surface area contributed by atoms with Crippen LogP contribution in [0.2, 0.25) is 5.04 Å². The smallest absolute Gasteiger partial charge is 0.421 e. The van der Waals surface area contributed by atoms with Crippen LogP contribution in [0.15, 0.2) is 109 Å². The number of fused-ring (bicyclic) bond motifs is 1. The molecule has 0 spiro atoms. The summed E-state index contributed by atoms with van der Waals surface area (Å²) in [7, 11) is -0.540. The van der Waals surface area contributed by atoms with Crippen LogP contribution in [-0.4, -0.2) is 49.8 Å². The van der Waals surface area contributed by atoms with E-state index in [-0.39, 0.29) is 5.04 Å². The number of benzene rings is 3. The van der Waals surface area contributed by atoms with E-state index in [4.69, 9.17) is 9.16 Å². The van der Waals surface area contributed by atoms with Crippen molar-refractivity contribution in [2.45, 2.75) is 52.2 Å². The van der Waals surface area contributed by atoms with Crippen molar-refractivity contribution >= 4 is 41.5 Å². The van der Waals surface area contributed by atoms with E-state index in [1.165, 1.54) is 14.9 Å². The zero-order valence-corrected chi connectivity index (χ0v) is 28.9. The van der Waals surface area contributed by atoms with Crippen molar-refractivity contribution in [3.8, 4) is 11.8 Å². The topological polar surface area (TPSA) is 56.6 Å². The number of carbonyl (C=O) groups is 1. The highest BCUT2D eigenvalue weighted by Gasteiger charge is 2.50. The van der Waals surface area contributed by atoms with E-state index in [1.807, 2.05) is 51.1 Å². The SMILES string of the molecule is CN(CCO[Si](c1ccccc1)(c1ccccc1)C(C)(C)C)c1cccc(C#Cc2cc3cccnc3n2C(=O)OC(C)(C)C)c1. The molecule has 5 rings (SSSR count). The largest absolute Gasteiger partial charge is 0.443 e. The first-order chi connectivity index (χ1) is 21.9. The maximum absolute atomic E-state index is 13.1. The predicted octanol–water partition coefficient (Wildman–Crippen LogP) is 7.23. The van der Waals surface area contributed by atoms with Crippen molar-refractivity contribution in [2.24, 2.45) is 0 Å². The summed E-state index contributed by atoms with van der Waals surface area (Å²) in [6.07, 6.45) is 1.16. The van der Waals surface area contributed by atoms with E-state index in [0.717, 1.165) is 16.6 Å². The summed E-state index contributed by atoms with van der Waals surface area (Å²) in [5.41, 5.74) is 2.28. The highest BCUT2D eigenvalue weighted by molar-refractivity contribution is 6.99. The second-order valence-corrected chi connectivity index (χ2v) is 17.8. The Balaban J connectivity index is 1.38. The molecule has 5 aromatic rings. The van der Waals surface area contributed by atoms with Gasteiger partial charge >= 0.3 is 6.09 Å². The van der Waals surface area contributed by atoms with Gasteiger partial charge in [0, 0.05) is 36.4 Å². The van der Waals surface area contributed by atoms with E-state index in [9.17, 15) is 4.79 Å². The van der Waals surface area contributed by atoms with Gasteiger partial charge in [-0.1, -0.05) is 93.4 Å². The molecule has 0 amide bonds. The number of pyridine rings is 1. The maximum Gasteiger partial charge on any atom is 0.421 e. The number of hydrogen-bond donors (Lipinski definition) is 0. The molecule has 0 fully saturated rings. The summed E-state index contributed by atoms with van der Waals surface area (Å²) < 4.78 is 14.2. The standard InChI is InChI=1S/C39H43N3O3Si/c1-38(2,3)45-37(43)42-33(29-31-17-15-25-40-36(31)42)24-23-30-16-14-18-32(28-30)41(7)26-27-44-46(39(4,5)6,34-19-10-8-11-20-34)35-21-12-9-13-22-35/h8-22,25,28-29H,26-27H2,1-7H3. The third-order valence-electron chi connectivity index (χ3n) is 7.92. The fourth-order valence-electron chi connectivity index (χ4n) is 5.80. The number of hydrogen-bond acceptors (Lipinski definition) is 5. The molecule has 7 heteroatoms. The molecule has 6 nitrogen and oxygen atoms in total. The molecule has 0 aliphatic carbocycles. The molecule has 0 unspecified atom stereocenters. The number of aromatic nitrogens is 2. The Hall–Kier alpha value is -4.64. The summed E-state index contributed by atoms with van der Waals surface area (Å²) in [4.78, 5) is 19.8. The first-order valence-corrected chi connectivity index (χ1v) is 17.6. The van der Waals surface area contributed by atoms with Gasteiger partial charge in [-0.25, -0.2) is 14.3 Å². The van der Waals surface area contributed by atoms with Crippen LogP contribution in [0.1, 0.15) is 52.8 Å². The van der Waals surface area contributed by atoms with Gasteiger partial charge in [0.05, 0.1) is 6.61 Å². The molecule has 0 bridgehead atoms. The highest BCUT2D eigenvalue weighted by atomic mass is 28.4. The van der Waals surface area contributed by atoms with Crippen molar-refractivity contribution in [3.63, 3.8) is 0 Å². The highest BCUT2D eigenvalue weighted by Crippen LogP contribution is 2.36. The van der Waals surface area contributed by atoms with E-state index < -0.39 is 20.0 Å². The van der Waals surface area contributed by atoms with Gasteiger partial charge in [0.1, 0.15) is 11.3 Å². The second-order valence-electron chi connectivity index (χ2n) is 13.5. The van der Waals surface area contributed by atoms with Gasteiger partial charge in [0.15, 0.2) is 5.65 Å². The Morgan fingerprint density at radius 3 is 2.09 bits per heavy atom. The average Bonchev–Trinajstić information content (AvgIpc) is 3.40. The molecule has 0 N–H and O–H groups in total. The molecule has 2 heterocycles. The first kappa shape index (κ1) is 32.7. The molecule has 3 aromatic carbocycles. The number of anilines is 1. The molecule has 0 radical (unpaired) electrons. The number of nitrogens with zero attached hydrogens (tertiary/aromatic N) is 3. The van der Waals surface area contributed by atoms with Crippen LogP contribution in [0.3, 0.4) is 0 Å². The third-order valence-corrected chi connectivity index (χ3v) is 13.0. The van der Waals surface area contributed by atoms with Gasteiger partial charge in [-0.05, 0) is 78.5 Å². The van der Waals surface area contributed by atoms with Gasteiger partial charge in [0.2, 0.25) is 0 Å². The van der Waals surface area contributed by atoms with Crippen LogP contribution in [0, 0.1) is 11.8 Å². The zero-order valence-electron chi connectivity index (χ0n) is 27.9. The van der Waals surface area contributed by atoms with Gasteiger partial charge < -0.3 is 14.1 Å². The van der Waals surface area contributed by atoms with Crippen molar-refractivity contribution in [1.29, 1.82) is 0 Å². The monoisotopic (exact) mass is 629 g/mol. The van der Waals surface area contributed by atoms with Crippen molar-refractivity contribution in [2.75, 3.05) is 25.1 Å². The number of rotatable bonds is 7. The van der Waals surface area contributed by atoms with E-state index in [0.29, 0.717) is 24.5 Å². The lowest BCUT2D eigenvalue weighted by atomic mass is 10.2. The molecule has 0 atom stereocenters. The third kappa shape index (κ3) is 7.09. The summed E-state index contributed by atoms with van der Waals surface area (Å²) in [5, 5.41) is 3.29. The van der Waals surface area contributed by atoms with E-state index in [2.05, 4.69) is 122 Å². The number of ether oxygens (including phenoxy) is 1. The summed E-state index contributed by atoms with van der Waals surface area (Å²) in [6, 6.07) is 35.2. The van der Waals surface area contributed by atoms with Crippen molar-refractivity contribution < 1.29 is 14.0 Å². The Bertz CT molecular complexity index is 1820. The molecule has 0 saturated heterocycles. The van der Waals surface area contributed by atoms with Crippen molar-refractivity contribution in [1.82, 2.24) is 9.55 Å².